The van der Waals surface area contributed by atoms with E-state index in [1.54, 1.807) is 6.26 Å². The van der Waals surface area contributed by atoms with Gasteiger partial charge in [-0.15, -0.1) is 0 Å². The summed E-state index contributed by atoms with van der Waals surface area (Å²) in [6.45, 7) is 2.05. The maximum atomic E-state index is 6.24. The third-order valence-electron chi connectivity index (χ3n) is 3.01. The average molecular weight is 329 g/mol. The molecule has 2 aromatic rings. The Kier molecular flexibility index (Phi) is 4.49. The normalized spacial score (nSPS) is 12.7. The first-order chi connectivity index (χ1) is 8.61. The highest BCUT2D eigenvalue weighted by Gasteiger charge is 2.17. The number of likely N-dealkylation sites (N-methyl/N-ethyl adjacent to an activating group) is 1. The third-order valence-corrected chi connectivity index (χ3v) is 3.85. The lowest BCUT2D eigenvalue weighted by Crippen LogP contribution is -2.19. The first kappa shape index (κ1) is 13.7. The number of rotatable bonds is 4. The lowest BCUT2D eigenvalue weighted by Gasteiger charge is -2.16. The summed E-state index contributed by atoms with van der Waals surface area (Å²) in [7, 11) is 1.93. The molecule has 1 aromatic heterocycles. The first-order valence-electron chi connectivity index (χ1n) is 5.77. The molecule has 0 radical (unpaired) electrons. The zero-order valence-electron chi connectivity index (χ0n) is 10.3. The fraction of sp³-hybridized carbons (Fsp3) is 0.286. The van der Waals surface area contributed by atoms with Crippen LogP contribution in [-0.4, -0.2) is 7.05 Å². The lowest BCUT2D eigenvalue weighted by molar-refractivity contribution is 0.426. The molecule has 4 heteroatoms. The average Bonchev–Trinajstić information content (AvgIpc) is 2.75. The minimum atomic E-state index is 0.138. The molecule has 0 aliphatic rings. The molecule has 2 nitrogen and oxygen atoms in total. The van der Waals surface area contributed by atoms with Crippen molar-refractivity contribution in [1.29, 1.82) is 0 Å². The van der Waals surface area contributed by atoms with Gasteiger partial charge in [-0.1, -0.05) is 33.6 Å². The van der Waals surface area contributed by atoms with Crippen molar-refractivity contribution in [3.05, 3.63) is 56.9 Å². The van der Waals surface area contributed by atoms with E-state index >= 15 is 0 Å². The smallest absolute Gasteiger partial charge is 0.123 e. The van der Waals surface area contributed by atoms with Crippen LogP contribution in [0.25, 0.3) is 0 Å². The van der Waals surface area contributed by atoms with Crippen LogP contribution in [0.3, 0.4) is 0 Å². The Labute approximate surface area is 120 Å². The molecule has 0 fully saturated rings. The van der Waals surface area contributed by atoms with Crippen LogP contribution >= 0.6 is 27.5 Å². The molecule has 1 heterocycles. The van der Waals surface area contributed by atoms with Crippen LogP contribution in [0.4, 0.5) is 0 Å². The van der Waals surface area contributed by atoms with Gasteiger partial charge in [-0.25, -0.2) is 0 Å². The van der Waals surface area contributed by atoms with E-state index in [4.69, 9.17) is 16.0 Å². The summed E-state index contributed by atoms with van der Waals surface area (Å²) in [5.74, 6) is 0.969. The van der Waals surface area contributed by atoms with Crippen molar-refractivity contribution in [3.8, 4) is 0 Å². The summed E-state index contributed by atoms with van der Waals surface area (Å²) < 4.78 is 6.53. The van der Waals surface area contributed by atoms with E-state index in [0.29, 0.717) is 0 Å². The molecular formula is C14H15BrClNO. The molecule has 1 atom stereocenters. The standard InChI is InChI=1S/C14H15BrClNO/c1-9-5-6-18-14(9)13(17-2)7-10-3-4-11(15)8-12(10)16/h3-6,8,13,17H,7H2,1-2H3. The van der Waals surface area contributed by atoms with Crippen LogP contribution in [0, 0.1) is 6.92 Å². The van der Waals surface area contributed by atoms with Crippen molar-refractivity contribution in [1.82, 2.24) is 5.32 Å². The van der Waals surface area contributed by atoms with E-state index in [9.17, 15) is 0 Å². The Balaban J connectivity index is 2.23. The largest absolute Gasteiger partial charge is 0.467 e. The molecule has 0 aliphatic heterocycles. The highest BCUT2D eigenvalue weighted by molar-refractivity contribution is 9.10. The molecular weight excluding hydrogens is 314 g/mol. The van der Waals surface area contributed by atoms with Gasteiger partial charge < -0.3 is 9.73 Å². The maximum Gasteiger partial charge on any atom is 0.123 e. The topological polar surface area (TPSA) is 25.2 Å². The zero-order valence-corrected chi connectivity index (χ0v) is 12.7. The Bertz CT molecular complexity index is 538. The van der Waals surface area contributed by atoms with E-state index in [0.717, 1.165) is 32.8 Å². The lowest BCUT2D eigenvalue weighted by atomic mass is 10.0. The molecule has 0 bridgehead atoms. The number of halogens is 2. The number of nitrogens with one attached hydrogen (secondary N) is 1. The summed E-state index contributed by atoms with van der Waals surface area (Å²) in [5.41, 5.74) is 2.26. The van der Waals surface area contributed by atoms with Crippen LogP contribution in [0.15, 0.2) is 39.4 Å². The van der Waals surface area contributed by atoms with E-state index in [2.05, 4.69) is 21.2 Å². The van der Waals surface area contributed by atoms with Crippen LogP contribution in [0.5, 0.6) is 0 Å². The monoisotopic (exact) mass is 327 g/mol. The zero-order chi connectivity index (χ0) is 13.1. The second-order valence-electron chi connectivity index (χ2n) is 4.25. The second-order valence-corrected chi connectivity index (χ2v) is 5.57. The quantitative estimate of drug-likeness (QED) is 0.893. The van der Waals surface area contributed by atoms with Gasteiger partial charge in [0.25, 0.3) is 0 Å². The van der Waals surface area contributed by atoms with Crippen molar-refractivity contribution < 1.29 is 4.42 Å². The van der Waals surface area contributed by atoms with Gasteiger partial charge in [0.2, 0.25) is 0 Å². The van der Waals surface area contributed by atoms with Gasteiger partial charge in [0.15, 0.2) is 0 Å². The van der Waals surface area contributed by atoms with Crippen molar-refractivity contribution in [2.75, 3.05) is 7.05 Å². The predicted molar refractivity (Wildman–Crippen MR) is 78.1 cm³/mol. The third kappa shape index (κ3) is 2.97. The first-order valence-corrected chi connectivity index (χ1v) is 6.94. The van der Waals surface area contributed by atoms with Gasteiger partial charge in [-0.2, -0.15) is 0 Å². The van der Waals surface area contributed by atoms with E-state index in [1.807, 2.05) is 38.2 Å². The minimum absolute atomic E-state index is 0.138. The van der Waals surface area contributed by atoms with Gasteiger partial charge >= 0.3 is 0 Å². The van der Waals surface area contributed by atoms with Gasteiger partial charge in [0.1, 0.15) is 5.76 Å². The fourth-order valence-electron chi connectivity index (χ4n) is 1.97. The van der Waals surface area contributed by atoms with E-state index < -0.39 is 0 Å². The molecule has 2 rings (SSSR count). The molecule has 1 N–H and O–H groups in total. The molecule has 18 heavy (non-hydrogen) atoms. The molecule has 0 saturated carbocycles. The fourth-order valence-corrected chi connectivity index (χ4v) is 2.72. The molecule has 0 amide bonds. The van der Waals surface area contributed by atoms with Crippen molar-refractivity contribution in [2.24, 2.45) is 0 Å². The summed E-state index contributed by atoms with van der Waals surface area (Å²) in [6, 6.07) is 8.07. The van der Waals surface area contributed by atoms with Gasteiger partial charge in [-0.3, -0.25) is 0 Å². The van der Waals surface area contributed by atoms with E-state index in [1.165, 1.54) is 0 Å². The van der Waals surface area contributed by atoms with Crippen molar-refractivity contribution in [2.45, 2.75) is 19.4 Å². The van der Waals surface area contributed by atoms with Crippen molar-refractivity contribution >= 4 is 27.5 Å². The van der Waals surface area contributed by atoms with E-state index in [-0.39, 0.29) is 6.04 Å². The Morgan fingerprint density at radius 2 is 2.17 bits per heavy atom. The highest BCUT2D eigenvalue weighted by Crippen LogP contribution is 2.27. The number of aryl methyl sites for hydroxylation is 1. The SMILES string of the molecule is CNC(Cc1ccc(Br)cc1Cl)c1occc1C. The number of furan rings is 1. The molecule has 1 unspecified atom stereocenters. The minimum Gasteiger partial charge on any atom is -0.467 e. The molecule has 0 saturated heterocycles. The summed E-state index contributed by atoms with van der Waals surface area (Å²) in [4.78, 5) is 0. The number of hydrogen-bond donors (Lipinski definition) is 1. The summed E-state index contributed by atoms with van der Waals surface area (Å²) in [6.07, 6.45) is 2.52. The molecule has 0 spiro atoms. The summed E-state index contributed by atoms with van der Waals surface area (Å²) >= 11 is 9.65. The van der Waals surface area contributed by atoms with Gasteiger partial charge in [-0.05, 0) is 49.7 Å². The Morgan fingerprint density at radius 3 is 2.72 bits per heavy atom. The number of benzene rings is 1. The highest BCUT2D eigenvalue weighted by atomic mass is 79.9. The molecule has 96 valence electrons. The van der Waals surface area contributed by atoms with Crippen LogP contribution < -0.4 is 5.32 Å². The Hall–Kier alpha value is -0.770. The summed E-state index contributed by atoms with van der Waals surface area (Å²) in [5, 5.41) is 4.04. The van der Waals surface area contributed by atoms with Crippen molar-refractivity contribution in [3.63, 3.8) is 0 Å². The molecule has 1 aromatic carbocycles. The van der Waals surface area contributed by atoms with Crippen LogP contribution in [-0.2, 0) is 6.42 Å². The van der Waals surface area contributed by atoms with Crippen LogP contribution in [0.1, 0.15) is 22.9 Å². The van der Waals surface area contributed by atoms with Crippen LogP contribution in [0.2, 0.25) is 5.02 Å². The predicted octanol–water partition coefficient (Wildman–Crippen LogP) is 4.51. The maximum absolute atomic E-state index is 6.24. The number of hydrogen-bond acceptors (Lipinski definition) is 2. The van der Waals surface area contributed by atoms with Gasteiger partial charge in [0, 0.05) is 9.50 Å². The second kappa shape index (κ2) is 5.91. The molecule has 0 aliphatic carbocycles. The Morgan fingerprint density at radius 1 is 1.39 bits per heavy atom. The van der Waals surface area contributed by atoms with Gasteiger partial charge in [0.05, 0.1) is 12.3 Å².